The van der Waals surface area contributed by atoms with E-state index in [1.54, 1.807) is 0 Å². The average Bonchev–Trinajstić information content (AvgIpc) is 3.36. The van der Waals surface area contributed by atoms with Crippen LogP contribution in [-0.4, -0.2) is 28.6 Å². The van der Waals surface area contributed by atoms with Crippen molar-refractivity contribution in [3.63, 3.8) is 0 Å². The summed E-state index contributed by atoms with van der Waals surface area (Å²) in [5, 5.41) is 0. The number of ether oxygens (including phenoxy) is 1. The number of aromatic nitrogens is 2. The molecular weight excluding hydrogens is 386 g/mol. The molecule has 156 valence electrons. The largest absolute Gasteiger partial charge is 0.494 e. The van der Waals surface area contributed by atoms with Crippen LogP contribution in [0.25, 0.3) is 11.0 Å². The van der Waals surface area contributed by atoms with E-state index in [0.29, 0.717) is 19.6 Å². The van der Waals surface area contributed by atoms with Crippen molar-refractivity contribution in [3.05, 3.63) is 90.3 Å². The summed E-state index contributed by atoms with van der Waals surface area (Å²) in [6.07, 6.45) is 0.464. The third-order valence-corrected chi connectivity index (χ3v) is 5.82. The molecule has 1 fully saturated rings. The van der Waals surface area contributed by atoms with Crippen LogP contribution in [0.15, 0.2) is 78.9 Å². The molecule has 2 heterocycles. The fraction of sp³-hybridized carbons (Fsp3) is 0.231. The first-order valence-electron chi connectivity index (χ1n) is 10.7. The Labute approximate surface area is 181 Å². The van der Waals surface area contributed by atoms with Gasteiger partial charge in [0.1, 0.15) is 11.6 Å². The zero-order chi connectivity index (χ0) is 21.2. The molecule has 0 radical (unpaired) electrons. The molecule has 1 amide bonds. The Morgan fingerprint density at radius 3 is 2.48 bits per heavy atom. The minimum absolute atomic E-state index is 0.0511. The number of hydrogen-bond acceptors (Lipinski definition) is 3. The van der Waals surface area contributed by atoms with Crippen molar-refractivity contribution in [2.75, 3.05) is 18.1 Å². The molecule has 31 heavy (non-hydrogen) atoms. The first kappa shape index (κ1) is 19.4. The quantitative estimate of drug-likeness (QED) is 0.448. The van der Waals surface area contributed by atoms with Gasteiger partial charge in [-0.1, -0.05) is 42.5 Å². The van der Waals surface area contributed by atoms with Gasteiger partial charge in [-0.2, -0.15) is 0 Å². The number of rotatable bonds is 6. The SMILES string of the molecule is CCOc1ccc(N2CC(c3nc4ccccc4n3Cc3ccccc3)CC2=O)cc1. The second-order valence-electron chi connectivity index (χ2n) is 7.86. The highest BCUT2D eigenvalue weighted by Gasteiger charge is 2.34. The molecule has 1 saturated heterocycles. The summed E-state index contributed by atoms with van der Waals surface area (Å²) in [6, 6.07) is 26.4. The van der Waals surface area contributed by atoms with Crippen molar-refractivity contribution < 1.29 is 9.53 Å². The van der Waals surface area contributed by atoms with Gasteiger partial charge in [0.15, 0.2) is 0 Å². The smallest absolute Gasteiger partial charge is 0.227 e. The summed E-state index contributed by atoms with van der Waals surface area (Å²) >= 11 is 0. The number of imidazole rings is 1. The van der Waals surface area contributed by atoms with Crippen molar-refractivity contribution in [3.8, 4) is 5.75 Å². The summed E-state index contributed by atoms with van der Waals surface area (Å²) in [4.78, 5) is 19.7. The van der Waals surface area contributed by atoms with Gasteiger partial charge in [-0.15, -0.1) is 0 Å². The molecule has 4 aromatic rings. The summed E-state index contributed by atoms with van der Waals surface area (Å²) in [5.74, 6) is 1.98. The molecule has 1 unspecified atom stereocenters. The van der Waals surface area contributed by atoms with Crippen LogP contribution >= 0.6 is 0 Å². The van der Waals surface area contributed by atoms with Gasteiger partial charge in [0.05, 0.1) is 17.6 Å². The van der Waals surface area contributed by atoms with Crippen molar-refractivity contribution in [1.29, 1.82) is 0 Å². The number of para-hydroxylation sites is 2. The van der Waals surface area contributed by atoms with Crippen LogP contribution in [0.2, 0.25) is 0 Å². The van der Waals surface area contributed by atoms with Crippen LogP contribution in [0.4, 0.5) is 5.69 Å². The van der Waals surface area contributed by atoms with Gasteiger partial charge in [0, 0.05) is 31.1 Å². The molecule has 1 atom stereocenters. The van der Waals surface area contributed by atoms with E-state index in [9.17, 15) is 4.79 Å². The summed E-state index contributed by atoms with van der Waals surface area (Å²) in [5.41, 5.74) is 4.20. The third kappa shape index (κ3) is 3.79. The Morgan fingerprint density at radius 1 is 0.968 bits per heavy atom. The van der Waals surface area contributed by atoms with Crippen LogP contribution in [-0.2, 0) is 11.3 Å². The molecule has 5 nitrogen and oxygen atoms in total. The minimum atomic E-state index is 0.0511. The third-order valence-electron chi connectivity index (χ3n) is 5.82. The lowest BCUT2D eigenvalue weighted by Crippen LogP contribution is -2.24. The lowest BCUT2D eigenvalue weighted by atomic mass is 10.1. The number of hydrogen-bond donors (Lipinski definition) is 0. The second-order valence-corrected chi connectivity index (χ2v) is 7.86. The lowest BCUT2D eigenvalue weighted by molar-refractivity contribution is -0.117. The number of carbonyl (C=O) groups is 1. The van der Waals surface area contributed by atoms with Crippen LogP contribution in [0.1, 0.15) is 30.7 Å². The highest BCUT2D eigenvalue weighted by Crippen LogP contribution is 2.34. The number of carbonyl (C=O) groups excluding carboxylic acids is 1. The van der Waals surface area contributed by atoms with Gasteiger partial charge < -0.3 is 14.2 Å². The number of benzene rings is 3. The number of anilines is 1. The van der Waals surface area contributed by atoms with E-state index < -0.39 is 0 Å². The van der Waals surface area contributed by atoms with E-state index in [2.05, 4.69) is 34.9 Å². The lowest BCUT2D eigenvalue weighted by Gasteiger charge is -2.18. The fourth-order valence-electron chi connectivity index (χ4n) is 4.36. The summed E-state index contributed by atoms with van der Waals surface area (Å²) in [6.45, 7) is 3.96. The maximum Gasteiger partial charge on any atom is 0.227 e. The second kappa shape index (κ2) is 8.26. The predicted molar refractivity (Wildman–Crippen MR) is 123 cm³/mol. The standard InChI is InChI=1S/C26H25N3O2/c1-2-31-22-14-12-21(13-15-22)28-18-20(16-25(28)30)26-27-23-10-6-7-11-24(23)29(26)17-19-8-4-3-5-9-19/h3-15,20H,2,16-18H2,1H3. The van der Waals surface area contributed by atoms with Crippen molar-refractivity contribution in [2.45, 2.75) is 25.8 Å². The monoisotopic (exact) mass is 411 g/mol. The van der Waals surface area contributed by atoms with Gasteiger partial charge in [-0.25, -0.2) is 4.98 Å². The molecular formula is C26H25N3O2. The fourth-order valence-corrected chi connectivity index (χ4v) is 4.36. The maximum atomic E-state index is 12.9. The van der Waals surface area contributed by atoms with E-state index in [4.69, 9.17) is 9.72 Å². The Morgan fingerprint density at radius 2 is 1.71 bits per heavy atom. The molecule has 0 N–H and O–H groups in total. The molecule has 0 aliphatic carbocycles. The first-order chi connectivity index (χ1) is 15.2. The van der Waals surface area contributed by atoms with Crippen molar-refractivity contribution in [2.24, 2.45) is 0 Å². The normalized spacial score (nSPS) is 16.2. The van der Waals surface area contributed by atoms with E-state index >= 15 is 0 Å². The van der Waals surface area contributed by atoms with Gasteiger partial charge >= 0.3 is 0 Å². The van der Waals surface area contributed by atoms with Crippen molar-refractivity contribution >= 4 is 22.6 Å². The molecule has 3 aromatic carbocycles. The number of nitrogens with zero attached hydrogens (tertiary/aromatic N) is 3. The van der Waals surface area contributed by atoms with Gasteiger partial charge in [-0.3, -0.25) is 4.79 Å². The van der Waals surface area contributed by atoms with Crippen LogP contribution < -0.4 is 9.64 Å². The Bertz CT molecular complexity index is 1200. The minimum Gasteiger partial charge on any atom is -0.494 e. The molecule has 1 aliphatic heterocycles. The Hall–Kier alpha value is -3.60. The summed E-state index contributed by atoms with van der Waals surface area (Å²) < 4.78 is 7.80. The van der Waals surface area contributed by atoms with Crippen molar-refractivity contribution in [1.82, 2.24) is 9.55 Å². The van der Waals surface area contributed by atoms with Crippen LogP contribution in [0, 0.1) is 0 Å². The van der Waals surface area contributed by atoms with Crippen LogP contribution in [0.3, 0.4) is 0 Å². The Balaban J connectivity index is 1.47. The first-order valence-corrected chi connectivity index (χ1v) is 10.7. The molecule has 1 aliphatic rings. The zero-order valence-electron chi connectivity index (χ0n) is 17.6. The zero-order valence-corrected chi connectivity index (χ0v) is 17.6. The topological polar surface area (TPSA) is 47.4 Å². The predicted octanol–water partition coefficient (Wildman–Crippen LogP) is 5.00. The highest BCUT2D eigenvalue weighted by atomic mass is 16.5. The maximum absolute atomic E-state index is 12.9. The number of fused-ring (bicyclic) bond motifs is 1. The molecule has 0 spiro atoms. The van der Waals surface area contributed by atoms with E-state index in [1.807, 2.05) is 60.4 Å². The van der Waals surface area contributed by atoms with Crippen LogP contribution in [0.5, 0.6) is 5.75 Å². The van der Waals surface area contributed by atoms with E-state index in [-0.39, 0.29) is 11.8 Å². The Kier molecular flexibility index (Phi) is 5.16. The molecule has 1 aromatic heterocycles. The van der Waals surface area contributed by atoms with Gasteiger partial charge in [0.2, 0.25) is 5.91 Å². The molecule has 5 rings (SSSR count). The highest BCUT2D eigenvalue weighted by molar-refractivity contribution is 5.96. The molecule has 5 heteroatoms. The van der Waals surface area contributed by atoms with E-state index in [0.717, 1.165) is 34.8 Å². The molecule has 0 saturated carbocycles. The number of amides is 1. The van der Waals surface area contributed by atoms with E-state index in [1.165, 1.54) is 5.56 Å². The molecule has 0 bridgehead atoms. The van der Waals surface area contributed by atoms with Gasteiger partial charge in [-0.05, 0) is 48.9 Å². The average molecular weight is 412 g/mol. The summed E-state index contributed by atoms with van der Waals surface area (Å²) in [7, 11) is 0. The van der Waals surface area contributed by atoms with Gasteiger partial charge in [0.25, 0.3) is 0 Å².